The van der Waals surface area contributed by atoms with Crippen molar-refractivity contribution in [3.8, 4) is 0 Å². The predicted octanol–water partition coefficient (Wildman–Crippen LogP) is 1.24. The van der Waals surface area contributed by atoms with Gasteiger partial charge in [0.25, 0.3) is 0 Å². The van der Waals surface area contributed by atoms with Crippen LogP contribution in [-0.4, -0.2) is 57.4 Å². The van der Waals surface area contributed by atoms with Crippen molar-refractivity contribution in [1.82, 2.24) is 9.80 Å². The van der Waals surface area contributed by atoms with E-state index in [0.29, 0.717) is 13.0 Å². The lowest BCUT2D eigenvalue weighted by atomic mass is 9.99. The molecule has 2 atom stereocenters. The van der Waals surface area contributed by atoms with Gasteiger partial charge >= 0.3 is 5.97 Å². The molecular formula is C15H24N2O4. The van der Waals surface area contributed by atoms with Gasteiger partial charge in [-0.1, -0.05) is 20.3 Å². The maximum absolute atomic E-state index is 12.6. The highest BCUT2D eigenvalue weighted by Crippen LogP contribution is 2.28. The molecule has 0 aliphatic carbocycles. The van der Waals surface area contributed by atoms with Crippen LogP contribution in [0.25, 0.3) is 0 Å². The smallest absolute Gasteiger partial charge is 0.320 e. The normalized spacial score (nSPS) is 27.7. The lowest BCUT2D eigenvalue weighted by Gasteiger charge is -2.36. The molecule has 118 valence electrons. The van der Waals surface area contributed by atoms with Crippen molar-refractivity contribution in [2.75, 3.05) is 6.54 Å². The number of carboxylic acids is 1. The van der Waals surface area contributed by atoms with Crippen molar-refractivity contribution in [3.63, 3.8) is 0 Å². The Morgan fingerprint density at radius 1 is 1.29 bits per heavy atom. The molecule has 0 aromatic rings. The summed E-state index contributed by atoms with van der Waals surface area (Å²) in [5.41, 5.74) is 0. The second-order valence-corrected chi connectivity index (χ2v) is 5.88. The first-order valence-corrected chi connectivity index (χ1v) is 7.85. The lowest BCUT2D eigenvalue weighted by molar-refractivity contribution is -0.148. The van der Waals surface area contributed by atoms with Crippen LogP contribution < -0.4 is 0 Å². The van der Waals surface area contributed by atoms with Crippen LogP contribution in [0.3, 0.4) is 0 Å². The van der Waals surface area contributed by atoms with E-state index in [9.17, 15) is 19.5 Å². The van der Waals surface area contributed by atoms with E-state index in [1.807, 2.05) is 13.8 Å². The summed E-state index contributed by atoms with van der Waals surface area (Å²) in [5, 5.41) is 9.34. The first kappa shape index (κ1) is 15.9. The SMILES string of the molecule is CCC(CC)N1C(=O)CC(N2CCCCC2C(=O)O)C1=O. The molecule has 0 aromatic carbocycles. The summed E-state index contributed by atoms with van der Waals surface area (Å²) in [4.78, 5) is 39.3. The van der Waals surface area contributed by atoms with E-state index in [0.717, 1.165) is 25.7 Å². The molecule has 2 rings (SSSR count). The highest BCUT2D eigenvalue weighted by atomic mass is 16.4. The highest BCUT2D eigenvalue weighted by molar-refractivity contribution is 6.06. The van der Waals surface area contributed by atoms with Gasteiger partial charge in [-0.3, -0.25) is 24.2 Å². The van der Waals surface area contributed by atoms with Crippen molar-refractivity contribution in [3.05, 3.63) is 0 Å². The fourth-order valence-electron chi connectivity index (χ4n) is 3.52. The van der Waals surface area contributed by atoms with Crippen molar-refractivity contribution >= 4 is 17.8 Å². The van der Waals surface area contributed by atoms with E-state index < -0.39 is 18.1 Å². The Morgan fingerprint density at radius 3 is 2.52 bits per heavy atom. The number of carbonyl (C=O) groups excluding carboxylic acids is 2. The molecule has 2 saturated heterocycles. The minimum Gasteiger partial charge on any atom is -0.480 e. The monoisotopic (exact) mass is 296 g/mol. The number of carboxylic acid groups (broad SMARTS) is 1. The van der Waals surface area contributed by atoms with Crippen LogP contribution >= 0.6 is 0 Å². The van der Waals surface area contributed by atoms with Crippen LogP contribution in [0.1, 0.15) is 52.4 Å². The quantitative estimate of drug-likeness (QED) is 0.772. The standard InChI is InChI=1S/C15H24N2O4/c1-3-10(4-2)17-13(18)9-12(14(17)19)16-8-6-5-7-11(16)15(20)21/h10-12H,3-9H2,1-2H3,(H,20,21). The topological polar surface area (TPSA) is 77.9 Å². The van der Waals surface area contributed by atoms with Crippen molar-refractivity contribution in [1.29, 1.82) is 0 Å². The summed E-state index contributed by atoms with van der Waals surface area (Å²) in [7, 11) is 0. The molecule has 2 amide bonds. The molecule has 2 aliphatic heterocycles. The molecule has 0 radical (unpaired) electrons. The number of hydrogen-bond acceptors (Lipinski definition) is 4. The summed E-state index contributed by atoms with van der Waals surface area (Å²) in [6.45, 7) is 4.50. The third-order valence-electron chi connectivity index (χ3n) is 4.70. The highest BCUT2D eigenvalue weighted by Gasteiger charge is 2.47. The molecule has 0 bridgehead atoms. The predicted molar refractivity (Wildman–Crippen MR) is 76.6 cm³/mol. The summed E-state index contributed by atoms with van der Waals surface area (Å²) < 4.78 is 0. The summed E-state index contributed by atoms with van der Waals surface area (Å²) in [6.07, 6.45) is 3.90. The van der Waals surface area contributed by atoms with Crippen molar-refractivity contribution in [2.24, 2.45) is 0 Å². The molecule has 2 aliphatic rings. The second kappa shape index (κ2) is 6.56. The van der Waals surface area contributed by atoms with Crippen LogP contribution in [0, 0.1) is 0 Å². The molecule has 21 heavy (non-hydrogen) atoms. The Morgan fingerprint density at radius 2 is 1.95 bits per heavy atom. The Bertz CT molecular complexity index is 433. The van der Waals surface area contributed by atoms with E-state index in [-0.39, 0.29) is 24.3 Å². The van der Waals surface area contributed by atoms with Crippen molar-refractivity contribution in [2.45, 2.75) is 70.5 Å². The van der Waals surface area contributed by atoms with Crippen LogP contribution in [0.2, 0.25) is 0 Å². The molecular weight excluding hydrogens is 272 g/mol. The van der Waals surface area contributed by atoms with Gasteiger partial charge in [0, 0.05) is 6.04 Å². The summed E-state index contributed by atoms with van der Waals surface area (Å²) in [5.74, 6) is -1.26. The van der Waals surface area contributed by atoms with E-state index in [1.54, 1.807) is 4.90 Å². The number of carbonyl (C=O) groups is 3. The molecule has 6 heteroatoms. The van der Waals surface area contributed by atoms with Gasteiger partial charge in [0.2, 0.25) is 11.8 Å². The minimum absolute atomic E-state index is 0.0666. The number of amides is 2. The summed E-state index contributed by atoms with van der Waals surface area (Å²) >= 11 is 0. The number of likely N-dealkylation sites (tertiary alicyclic amines) is 2. The zero-order chi connectivity index (χ0) is 15.6. The number of nitrogens with zero attached hydrogens (tertiary/aromatic N) is 2. The van der Waals surface area contributed by atoms with Gasteiger partial charge in [0.1, 0.15) is 6.04 Å². The molecule has 0 aromatic heterocycles. The van der Waals surface area contributed by atoms with Gasteiger partial charge in [-0.15, -0.1) is 0 Å². The van der Waals surface area contributed by atoms with Crippen LogP contribution in [0.15, 0.2) is 0 Å². The molecule has 2 fully saturated rings. The Kier molecular flexibility index (Phi) is 4.98. The van der Waals surface area contributed by atoms with Crippen LogP contribution in [0.4, 0.5) is 0 Å². The number of imide groups is 1. The zero-order valence-electron chi connectivity index (χ0n) is 12.7. The maximum Gasteiger partial charge on any atom is 0.320 e. The molecule has 6 nitrogen and oxygen atoms in total. The molecule has 0 saturated carbocycles. The number of rotatable bonds is 5. The van der Waals surface area contributed by atoms with Gasteiger partial charge in [-0.05, 0) is 32.2 Å². The maximum atomic E-state index is 12.6. The Hall–Kier alpha value is -1.43. The average Bonchev–Trinajstić information content (AvgIpc) is 2.77. The van der Waals surface area contributed by atoms with Gasteiger partial charge in [0.05, 0.1) is 12.5 Å². The van der Waals surface area contributed by atoms with E-state index >= 15 is 0 Å². The molecule has 2 heterocycles. The largest absolute Gasteiger partial charge is 0.480 e. The number of piperidine rings is 1. The van der Waals surface area contributed by atoms with E-state index in [2.05, 4.69) is 0 Å². The Labute approximate surface area is 125 Å². The van der Waals surface area contributed by atoms with Gasteiger partial charge in [-0.2, -0.15) is 0 Å². The first-order chi connectivity index (χ1) is 10.0. The fraction of sp³-hybridized carbons (Fsp3) is 0.800. The fourth-order valence-corrected chi connectivity index (χ4v) is 3.52. The van der Waals surface area contributed by atoms with Crippen LogP contribution in [-0.2, 0) is 14.4 Å². The summed E-state index contributed by atoms with van der Waals surface area (Å²) in [6, 6.07) is -1.29. The third kappa shape index (κ3) is 2.95. The average molecular weight is 296 g/mol. The lowest BCUT2D eigenvalue weighted by Crippen LogP contribution is -2.53. The molecule has 2 unspecified atom stereocenters. The third-order valence-corrected chi connectivity index (χ3v) is 4.70. The minimum atomic E-state index is -0.893. The molecule has 1 N–H and O–H groups in total. The van der Waals surface area contributed by atoms with E-state index in [4.69, 9.17) is 0 Å². The van der Waals surface area contributed by atoms with Crippen LogP contribution in [0.5, 0.6) is 0 Å². The van der Waals surface area contributed by atoms with Crippen molar-refractivity contribution < 1.29 is 19.5 Å². The Balaban J connectivity index is 2.19. The second-order valence-electron chi connectivity index (χ2n) is 5.88. The van der Waals surface area contributed by atoms with Gasteiger partial charge in [-0.25, -0.2) is 0 Å². The van der Waals surface area contributed by atoms with E-state index in [1.165, 1.54) is 4.90 Å². The zero-order valence-corrected chi connectivity index (χ0v) is 12.7. The van der Waals surface area contributed by atoms with Gasteiger partial charge < -0.3 is 5.11 Å². The molecule has 0 spiro atoms. The first-order valence-electron chi connectivity index (χ1n) is 7.85. The van der Waals surface area contributed by atoms with Gasteiger partial charge in [0.15, 0.2) is 0 Å². The number of hydrogen-bond donors (Lipinski definition) is 1. The number of aliphatic carboxylic acids is 1.